The number of amides is 1. The van der Waals surface area contributed by atoms with Gasteiger partial charge in [0, 0.05) is 26.1 Å². The van der Waals surface area contributed by atoms with Gasteiger partial charge in [0.2, 0.25) is 15.9 Å². The van der Waals surface area contributed by atoms with Crippen molar-refractivity contribution in [1.29, 1.82) is 0 Å². The van der Waals surface area contributed by atoms with Gasteiger partial charge in [-0.25, -0.2) is 12.7 Å². The zero-order chi connectivity index (χ0) is 22.0. The fraction of sp³-hybridized carbons (Fsp3) is 0.696. The van der Waals surface area contributed by atoms with Crippen LogP contribution in [0.2, 0.25) is 0 Å². The summed E-state index contributed by atoms with van der Waals surface area (Å²) in [5.74, 6) is 0.0309. The minimum Gasteiger partial charge on any atom is -0.367 e. The summed E-state index contributed by atoms with van der Waals surface area (Å²) in [6, 6.07) is 9.89. The van der Waals surface area contributed by atoms with Crippen molar-refractivity contribution in [2.75, 3.05) is 18.8 Å². The van der Waals surface area contributed by atoms with Crippen LogP contribution >= 0.6 is 0 Å². The summed E-state index contributed by atoms with van der Waals surface area (Å²) in [4.78, 5) is 15.2. The van der Waals surface area contributed by atoms with E-state index < -0.39 is 15.6 Å². The standard InChI is InChI=1S/C23H36N2O4S/c1-22(2)17-20(23(3,4)29-22)25(18-19-11-6-5-7-12-19)21(26)13-10-16-30(27,28)24-14-8-9-15-24/h5-7,11-12,20H,8-10,13-18H2,1-4H3/t20-/m0/s1. The number of sulfonamides is 1. The smallest absolute Gasteiger partial charge is 0.223 e. The molecule has 1 atom stereocenters. The predicted molar refractivity (Wildman–Crippen MR) is 118 cm³/mol. The zero-order valence-corrected chi connectivity index (χ0v) is 19.6. The molecular weight excluding hydrogens is 400 g/mol. The number of carbonyl (C=O) groups excluding carboxylic acids is 1. The molecule has 2 aliphatic rings. The Kier molecular flexibility index (Phi) is 6.94. The molecule has 0 radical (unpaired) electrons. The molecule has 6 nitrogen and oxygen atoms in total. The Morgan fingerprint density at radius 1 is 1.13 bits per heavy atom. The van der Waals surface area contributed by atoms with Gasteiger partial charge in [0.1, 0.15) is 0 Å². The Balaban J connectivity index is 1.70. The summed E-state index contributed by atoms with van der Waals surface area (Å²) in [7, 11) is -3.26. The maximum atomic E-state index is 13.3. The maximum Gasteiger partial charge on any atom is 0.223 e. The average Bonchev–Trinajstić information content (AvgIpc) is 3.26. The van der Waals surface area contributed by atoms with Crippen molar-refractivity contribution >= 4 is 15.9 Å². The van der Waals surface area contributed by atoms with Crippen LogP contribution in [0.25, 0.3) is 0 Å². The van der Waals surface area contributed by atoms with Crippen LogP contribution in [0.4, 0.5) is 0 Å². The molecule has 1 amide bonds. The molecule has 168 valence electrons. The number of carbonyl (C=O) groups is 1. The lowest BCUT2D eigenvalue weighted by molar-refractivity contribution is -0.139. The van der Waals surface area contributed by atoms with Crippen molar-refractivity contribution in [3.05, 3.63) is 35.9 Å². The lowest BCUT2D eigenvalue weighted by Gasteiger charge is -2.36. The van der Waals surface area contributed by atoms with E-state index in [0.29, 0.717) is 26.1 Å². The lowest BCUT2D eigenvalue weighted by Crippen LogP contribution is -2.49. The third-order valence-corrected chi connectivity index (χ3v) is 8.13. The topological polar surface area (TPSA) is 66.9 Å². The molecule has 0 bridgehead atoms. The van der Waals surface area contributed by atoms with Gasteiger partial charge in [-0.3, -0.25) is 4.79 Å². The van der Waals surface area contributed by atoms with Crippen LogP contribution in [-0.4, -0.2) is 59.6 Å². The van der Waals surface area contributed by atoms with Gasteiger partial charge in [0.15, 0.2) is 0 Å². The molecule has 0 spiro atoms. The second kappa shape index (κ2) is 8.97. The van der Waals surface area contributed by atoms with Crippen LogP contribution in [0.15, 0.2) is 30.3 Å². The third kappa shape index (κ3) is 5.62. The summed E-state index contributed by atoms with van der Waals surface area (Å²) in [6.45, 7) is 9.92. The van der Waals surface area contributed by atoms with E-state index in [4.69, 9.17) is 4.74 Å². The van der Waals surface area contributed by atoms with Gasteiger partial charge in [-0.15, -0.1) is 0 Å². The van der Waals surface area contributed by atoms with Crippen LogP contribution in [0, 0.1) is 0 Å². The first-order valence-corrected chi connectivity index (χ1v) is 12.6. The summed E-state index contributed by atoms with van der Waals surface area (Å²) < 4.78 is 32.8. The van der Waals surface area contributed by atoms with Crippen molar-refractivity contribution in [2.24, 2.45) is 0 Å². The Bertz CT molecular complexity index is 830. The number of hydrogen-bond donors (Lipinski definition) is 0. The SMILES string of the molecule is CC1(C)C[C@H](N(Cc2ccccc2)C(=O)CCCS(=O)(=O)N2CCCC2)C(C)(C)O1. The normalized spacial score (nSPS) is 23.5. The fourth-order valence-corrected chi connectivity index (χ4v) is 6.40. The first kappa shape index (κ1) is 23.2. The Labute approximate surface area is 181 Å². The first-order valence-electron chi connectivity index (χ1n) is 11.0. The van der Waals surface area contributed by atoms with E-state index in [9.17, 15) is 13.2 Å². The van der Waals surface area contributed by atoms with E-state index in [-0.39, 0.29) is 29.7 Å². The molecule has 0 aromatic heterocycles. The number of benzene rings is 1. The van der Waals surface area contributed by atoms with Gasteiger partial charge in [-0.2, -0.15) is 0 Å². The van der Waals surface area contributed by atoms with Crippen molar-refractivity contribution in [3.8, 4) is 0 Å². The van der Waals surface area contributed by atoms with Gasteiger partial charge in [0.05, 0.1) is 23.0 Å². The number of ether oxygens (including phenoxy) is 1. The van der Waals surface area contributed by atoms with Crippen LogP contribution in [0.3, 0.4) is 0 Å². The highest BCUT2D eigenvalue weighted by Gasteiger charge is 2.49. The molecule has 2 fully saturated rings. The molecular formula is C23H36N2O4S. The molecule has 7 heteroatoms. The third-order valence-electron chi connectivity index (χ3n) is 6.17. The van der Waals surface area contributed by atoms with E-state index >= 15 is 0 Å². The highest BCUT2D eigenvalue weighted by Crippen LogP contribution is 2.41. The van der Waals surface area contributed by atoms with Crippen molar-refractivity contribution < 1.29 is 17.9 Å². The first-order chi connectivity index (χ1) is 14.0. The van der Waals surface area contributed by atoms with Gasteiger partial charge < -0.3 is 9.64 Å². The minimum atomic E-state index is -3.26. The fourth-order valence-electron chi connectivity index (χ4n) is 4.82. The molecule has 0 aliphatic carbocycles. The Hall–Kier alpha value is -1.44. The lowest BCUT2D eigenvalue weighted by atomic mass is 9.92. The van der Waals surface area contributed by atoms with E-state index in [0.717, 1.165) is 24.8 Å². The molecule has 2 saturated heterocycles. The molecule has 30 heavy (non-hydrogen) atoms. The van der Waals surface area contributed by atoms with E-state index in [2.05, 4.69) is 13.8 Å². The van der Waals surface area contributed by atoms with E-state index in [1.165, 1.54) is 0 Å². The molecule has 0 saturated carbocycles. The van der Waals surface area contributed by atoms with Gasteiger partial charge in [0.25, 0.3) is 0 Å². The number of rotatable bonds is 8. The molecule has 0 N–H and O–H groups in total. The summed E-state index contributed by atoms with van der Waals surface area (Å²) >= 11 is 0. The highest BCUT2D eigenvalue weighted by atomic mass is 32.2. The van der Waals surface area contributed by atoms with Crippen LogP contribution in [0.1, 0.15) is 65.4 Å². The number of nitrogens with zero attached hydrogens (tertiary/aromatic N) is 2. The van der Waals surface area contributed by atoms with E-state index in [1.807, 2.05) is 49.1 Å². The average molecular weight is 437 g/mol. The van der Waals surface area contributed by atoms with Crippen molar-refractivity contribution in [1.82, 2.24) is 9.21 Å². The maximum absolute atomic E-state index is 13.3. The Morgan fingerprint density at radius 2 is 1.77 bits per heavy atom. The summed E-state index contributed by atoms with van der Waals surface area (Å²) in [5, 5.41) is 0. The number of hydrogen-bond acceptors (Lipinski definition) is 4. The highest BCUT2D eigenvalue weighted by molar-refractivity contribution is 7.89. The van der Waals surface area contributed by atoms with Gasteiger partial charge in [-0.1, -0.05) is 30.3 Å². The molecule has 2 aliphatic heterocycles. The van der Waals surface area contributed by atoms with Gasteiger partial charge in [-0.05, 0) is 58.9 Å². The van der Waals surface area contributed by atoms with Gasteiger partial charge >= 0.3 is 0 Å². The largest absolute Gasteiger partial charge is 0.367 e. The Morgan fingerprint density at radius 3 is 2.33 bits per heavy atom. The zero-order valence-electron chi connectivity index (χ0n) is 18.8. The van der Waals surface area contributed by atoms with Crippen molar-refractivity contribution in [2.45, 2.75) is 83.6 Å². The van der Waals surface area contributed by atoms with E-state index in [1.54, 1.807) is 4.31 Å². The molecule has 0 unspecified atom stereocenters. The van der Waals surface area contributed by atoms with Crippen LogP contribution < -0.4 is 0 Å². The summed E-state index contributed by atoms with van der Waals surface area (Å²) in [5.41, 5.74) is 0.300. The van der Waals surface area contributed by atoms with Crippen molar-refractivity contribution in [3.63, 3.8) is 0 Å². The second-order valence-corrected chi connectivity index (χ2v) is 11.8. The molecule has 2 heterocycles. The van der Waals surface area contributed by atoms with Crippen LogP contribution in [-0.2, 0) is 26.1 Å². The predicted octanol–water partition coefficient (Wildman–Crippen LogP) is 3.57. The summed E-state index contributed by atoms with van der Waals surface area (Å²) in [6.07, 6.45) is 3.18. The second-order valence-electron chi connectivity index (χ2n) is 9.72. The minimum absolute atomic E-state index is 0.00477. The van der Waals surface area contributed by atoms with Crippen LogP contribution in [0.5, 0.6) is 0 Å². The molecule has 3 rings (SSSR count). The monoisotopic (exact) mass is 436 g/mol. The molecule has 1 aromatic rings. The molecule has 1 aromatic carbocycles. The quantitative estimate of drug-likeness (QED) is 0.625.